The van der Waals surface area contributed by atoms with Crippen LogP contribution in [-0.4, -0.2) is 6.54 Å². The van der Waals surface area contributed by atoms with E-state index in [1.165, 1.54) is 18.2 Å². The first-order chi connectivity index (χ1) is 9.63. The van der Waals surface area contributed by atoms with Crippen LogP contribution in [0.2, 0.25) is 0 Å². The summed E-state index contributed by atoms with van der Waals surface area (Å²) in [5.41, 5.74) is 0.956. The smallest absolute Gasteiger partial charge is 0.131 e. The van der Waals surface area contributed by atoms with E-state index in [-0.39, 0.29) is 5.56 Å². The normalized spacial score (nSPS) is 12.4. The zero-order valence-corrected chi connectivity index (χ0v) is 13.3. The van der Waals surface area contributed by atoms with Gasteiger partial charge in [-0.2, -0.15) is 0 Å². The Hall–Kier alpha value is -1.01. The Kier molecular flexibility index (Phi) is 5.48. The van der Waals surface area contributed by atoms with Crippen LogP contribution in [0.5, 0.6) is 0 Å². The van der Waals surface area contributed by atoms with Crippen LogP contribution in [-0.2, 0) is 0 Å². The third-order valence-electron chi connectivity index (χ3n) is 3.07. The molecule has 0 aliphatic carbocycles. The average Bonchev–Trinajstić information content (AvgIpc) is 2.42. The van der Waals surface area contributed by atoms with Crippen LogP contribution < -0.4 is 5.32 Å². The number of hydrogen-bond acceptors (Lipinski definition) is 1. The molecular formula is C16H16F2IN. The zero-order valence-electron chi connectivity index (χ0n) is 11.2. The quantitative estimate of drug-likeness (QED) is 0.737. The summed E-state index contributed by atoms with van der Waals surface area (Å²) < 4.78 is 29.1. The molecule has 4 heteroatoms. The molecule has 2 rings (SSSR count). The van der Waals surface area contributed by atoms with Crippen LogP contribution in [0.25, 0.3) is 0 Å². The maximum Gasteiger partial charge on any atom is 0.131 e. The van der Waals surface area contributed by atoms with Gasteiger partial charge in [-0.05, 0) is 65.4 Å². The third kappa shape index (κ3) is 3.55. The SMILES string of the molecule is CCCNC(c1cccc(I)c1)c1c(F)cccc1F. The van der Waals surface area contributed by atoms with E-state index in [1.54, 1.807) is 0 Å². The first-order valence-electron chi connectivity index (χ1n) is 6.56. The van der Waals surface area contributed by atoms with Crippen molar-refractivity contribution < 1.29 is 8.78 Å². The molecule has 0 saturated heterocycles. The van der Waals surface area contributed by atoms with Gasteiger partial charge in [0.05, 0.1) is 6.04 Å². The van der Waals surface area contributed by atoms with Crippen molar-refractivity contribution in [2.75, 3.05) is 6.54 Å². The molecule has 0 bridgehead atoms. The van der Waals surface area contributed by atoms with E-state index in [2.05, 4.69) is 27.9 Å². The van der Waals surface area contributed by atoms with E-state index in [0.717, 1.165) is 15.6 Å². The monoisotopic (exact) mass is 387 g/mol. The zero-order chi connectivity index (χ0) is 14.5. The van der Waals surface area contributed by atoms with Crippen molar-refractivity contribution >= 4 is 22.6 Å². The Labute approximate surface area is 131 Å². The van der Waals surface area contributed by atoms with Crippen LogP contribution in [0, 0.1) is 15.2 Å². The molecular weight excluding hydrogens is 371 g/mol. The lowest BCUT2D eigenvalue weighted by molar-refractivity contribution is 0.503. The fraction of sp³-hybridized carbons (Fsp3) is 0.250. The molecule has 1 atom stereocenters. The Balaban J connectivity index is 2.47. The molecule has 0 aliphatic heterocycles. The number of benzene rings is 2. The van der Waals surface area contributed by atoms with Gasteiger partial charge in [-0.3, -0.25) is 0 Å². The number of halogens is 3. The van der Waals surface area contributed by atoms with Gasteiger partial charge in [0, 0.05) is 9.13 Å². The first kappa shape index (κ1) is 15.4. The standard InChI is InChI=1S/C16H16F2IN/c1-2-9-20-16(11-5-3-6-12(19)10-11)15-13(17)7-4-8-14(15)18/h3-8,10,16,20H,2,9H2,1H3. The van der Waals surface area contributed by atoms with Gasteiger partial charge in [0.2, 0.25) is 0 Å². The van der Waals surface area contributed by atoms with Crippen molar-refractivity contribution in [1.82, 2.24) is 5.32 Å². The van der Waals surface area contributed by atoms with Crippen molar-refractivity contribution in [2.45, 2.75) is 19.4 Å². The molecule has 1 nitrogen and oxygen atoms in total. The van der Waals surface area contributed by atoms with Crippen molar-refractivity contribution in [3.63, 3.8) is 0 Å². The summed E-state index contributed by atoms with van der Waals surface area (Å²) in [5, 5.41) is 3.23. The molecule has 20 heavy (non-hydrogen) atoms. The fourth-order valence-corrected chi connectivity index (χ4v) is 2.72. The summed E-state index contributed by atoms with van der Waals surface area (Å²) >= 11 is 2.20. The van der Waals surface area contributed by atoms with Gasteiger partial charge in [0.15, 0.2) is 0 Å². The molecule has 0 amide bonds. The summed E-state index contributed by atoms with van der Waals surface area (Å²) in [5.74, 6) is -1.03. The van der Waals surface area contributed by atoms with E-state index in [9.17, 15) is 8.78 Å². The molecule has 106 valence electrons. The van der Waals surface area contributed by atoms with Gasteiger partial charge in [-0.1, -0.05) is 25.1 Å². The van der Waals surface area contributed by atoms with Gasteiger partial charge in [0.25, 0.3) is 0 Å². The number of nitrogens with one attached hydrogen (secondary N) is 1. The van der Waals surface area contributed by atoms with E-state index in [1.807, 2.05) is 31.2 Å². The lowest BCUT2D eigenvalue weighted by Gasteiger charge is -2.21. The summed E-state index contributed by atoms with van der Waals surface area (Å²) in [4.78, 5) is 0. The third-order valence-corrected chi connectivity index (χ3v) is 3.74. The summed E-state index contributed by atoms with van der Waals surface area (Å²) in [6.07, 6.45) is 0.899. The van der Waals surface area contributed by atoms with Crippen molar-refractivity contribution in [2.24, 2.45) is 0 Å². The van der Waals surface area contributed by atoms with Gasteiger partial charge in [0.1, 0.15) is 11.6 Å². The van der Waals surface area contributed by atoms with Crippen molar-refractivity contribution in [3.8, 4) is 0 Å². The molecule has 1 unspecified atom stereocenters. The minimum Gasteiger partial charge on any atom is -0.306 e. The topological polar surface area (TPSA) is 12.0 Å². The fourth-order valence-electron chi connectivity index (χ4n) is 2.15. The Morgan fingerprint density at radius 2 is 1.75 bits per heavy atom. The van der Waals surface area contributed by atoms with Crippen LogP contribution in [0.3, 0.4) is 0 Å². The predicted octanol–water partition coefficient (Wildman–Crippen LogP) is 4.66. The number of rotatable bonds is 5. The minimum atomic E-state index is -0.516. The van der Waals surface area contributed by atoms with Crippen molar-refractivity contribution in [1.29, 1.82) is 0 Å². The highest BCUT2D eigenvalue weighted by atomic mass is 127. The summed E-state index contributed by atoms with van der Waals surface area (Å²) in [6, 6.07) is 11.2. The van der Waals surface area contributed by atoms with Crippen LogP contribution in [0.1, 0.15) is 30.5 Å². The van der Waals surface area contributed by atoms with Crippen LogP contribution in [0.15, 0.2) is 42.5 Å². The van der Waals surface area contributed by atoms with E-state index >= 15 is 0 Å². The van der Waals surface area contributed by atoms with Gasteiger partial charge >= 0.3 is 0 Å². The Bertz CT molecular complexity index is 566. The minimum absolute atomic E-state index is 0.0861. The molecule has 0 aliphatic rings. The predicted molar refractivity (Wildman–Crippen MR) is 85.7 cm³/mol. The molecule has 0 aromatic heterocycles. The molecule has 0 fully saturated rings. The molecule has 0 saturated carbocycles. The summed E-state index contributed by atoms with van der Waals surface area (Å²) in [6.45, 7) is 2.72. The highest BCUT2D eigenvalue weighted by Crippen LogP contribution is 2.27. The molecule has 0 heterocycles. The largest absolute Gasteiger partial charge is 0.306 e. The molecule has 0 radical (unpaired) electrons. The Morgan fingerprint density at radius 3 is 2.35 bits per heavy atom. The van der Waals surface area contributed by atoms with Gasteiger partial charge in [-0.15, -0.1) is 0 Å². The maximum absolute atomic E-state index is 14.0. The Morgan fingerprint density at radius 1 is 1.10 bits per heavy atom. The highest BCUT2D eigenvalue weighted by Gasteiger charge is 2.21. The lowest BCUT2D eigenvalue weighted by Crippen LogP contribution is -2.25. The lowest BCUT2D eigenvalue weighted by atomic mass is 9.97. The van der Waals surface area contributed by atoms with Gasteiger partial charge < -0.3 is 5.32 Å². The highest BCUT2D eigenvalue weighted by molar-refractivity contribution is 14.1. The molecule has 2 aromatic rings. The van der Waals surface area contributed by atoms with Crippen LogP contribution in [0.4, 0.5) is 8.78 Å². The summed E-state index contributed by atoms with van der Waals surface area (Å²) in [7, 11) is 0. The second-order valence-corrected chi connectivity index (χ2v) is 5.82. The van der Waals surface area contributed by atoms with Crippen molar-refractivity contribution in [3.05, 3.63) is 68.8 Å². The van der Waals surface area contributed by atoms with Gasteiger partial charge in [-0.25, -0.2) is 8.78 Å². The molecule has 0 spiro atoms. The second-order valence-electron chi connectivity index (χ2n) is 4.58. The number of hydrogen-bond donors (Lipinski definition) is 1. The van der Waals surface area contributed by atoms with E-state index in [4.69, 9.17) is 0 Å². The molecule has 1 N–H and O–H groups in total. The first-order valence-corrected chi connectivity index (χ1v) is 7.64. The van der Waals surface area contributed by atoms with E-state index < -0.39 is 17.7 Å². The van der Waals surface area contributed by atoms with Crippen LogP contribution >= 0.6 is 22.6 Å². The maximum atomic E-state index is 14.0. The van der Waals surface area contributed by atoms with E-state index in [0.29, 0.717) is 6.54 Å². The molecule has 2 aromatic carbocycles. The second kappa shape index (κ2) is 7.13. The average molecular weight is 387 g/mol.